The van der Waals surface area contributed by atoms with Crippen LogP contribution in [-0.4, -0.2) is 28.7 Å². The third kappa shape index (κ3) is 4.00. The summed E-state index contributed by atoms with van der Waals surface area (Å²) >= 11 is 0. The predicted molar refractivity (Wildman–Crippen MR) is 96.1 cm³/mol. The summed E-state index contributed by atoms with van der Waals surface area (Å²) in [4.78, 5) is 25.8. The monoisotopic (exact) mass is 342 g/mol. The molecule has 134 valence electrons. The van der Waals surface area contributed by atoms with Crippen LogP contribution in [-0.2, 0) is 4.79 Å². The van der Waals surface area contributed by atoms with Gasteiger partial charge in [0.05, 0.1) is 6.04 Å². The predicted octanol–water partition coefficient (Wildman–Crippen LogP) is 2.55. The van der Waals surface area contributed by atoms with Crippen LogP contribution in [0, 0.1) is 11.3 Å². The molecule has 1 heterocycles. The normalized spacial score (nSPS) is 21.8. The van der Waals surface area contributed by atoms with Crippen LogP contribution in [0.4, 0.5) is 0 Å². The largest absolute Gasteiger partial charge is 0.366 e. The van der Waals surface area contributed by atoms with E-state index in [1.165, 1.54) is 12.8 Å². The number of amides is 2. The molecule has 1 aliphatic carbocycles. The molecule has 1 aromatic rings. The van der Waals surface area contributed by atoms with E-state index in [0.717, 1.165) is 24.8 Å². The Morgan fingerprint density at radius 1 is 1.44 bits per heavy atom. The highest BCUT2D eigenvalue weighted by Gasteiger charge is 2.37. The molecule has 25 heavy (non-hydrogen) atoms. The third-order valence-electron chi connectivity index (χ3n) is 5.02. The Balaban J connectivity index is 1.82. The first kappa shape index (κ1) is 17.5. The Labute approximate surface area is 148 Å². The van der Waals surface area contributed by atoms with Crippen LogP contribution in [0.2, 0.25) is 0 Å². The maximum atomic E-state index is 12.8. The van der Waals surface area contributed by atoms with Crippen LogP contribution in [0.1, 0.15) is 67.4 Å². The number of nitrogens with zero attached hydrogens (tertiary/aromatic N) is 1. The quantitative estimate of drug-likeness (QED) is 0.710. The fourth-order valence-corrected chi connectivity index (χ4v) is 3.59. The van der Waals surface area contributed by atoms with Gasteiger partial charge >= 0.3 is 0 Å². The summed E-state index contributed by atoms with van der Waals surface area (Å²) in [5.74, 6) is 0.380. The minimum absolute atomic E-state index is 0.0164. The smallest absolute Gasteiger partial charge is 0.248 e. The van der Waals surface area contributed by atoms with E-state index in [1.807, 2.05) is 13.0 Å². The van der Waals surface area contributed by atoms with E-state index >= 15 is 0 Å². The Bertz CT molecular complexity index is 666. The molecule has 1 unspecified atom stereocenters. The molecule has 0 radical (unpaired) electrons. The Kier molecular flexibility index (Phi) is 5.06. The number of nitrogens with two attached hydrogens (primary N) is 1. The number of benzene rings is 1. The van der Waals surface area contributed by atoms with Crippen molar-refractivity contribution in [3.8, 4) is 0 Å². The number of rotatable bonds is 7. The van der Waals surface area contributed by atoms with E-state index in [-0.39, 0.29) is 24.0 Å². The summed E-state index contributed by atoms with van der Waals surface area (Å²) in [7, 11) is 0. The lowest BCUT2D eigenvalue weighted by Crippen LogP contribution is -2.56. The molecule has 2 atom stereocenters. The summed E-state index contributed by atoms with van der Waals surface area (Å²) in [5.41, 5.74) is 6.66. The fraction of sp³-hybridized carbons (Fsp3) is 0.526. The van der Waals surface area contributed by atoms with Gasteiger partial charge in [-0.2, -0.15) is 0 Å². The van der Waals surface area contributed by atoms with Crippen LogP contribution in [0.5, 0.6) is 0 Å². The summed E-state index contributed by atoms with van der Waals surface area (Å²) in [6.07, 6.45) is 5.47. The first-order chi connectivity index (χ1) is 12.0. The van der Waals surface area contributed by atoms with Crippen LogP contribution >= 0.6 is 0 Å². The van der Waals surface area contributed by atoms with E-state index in [1.54, 1.807) is 23.1 Å². The Morgan fingerprint density at radius 2 is 2.20 bits per heavy atom. The summed E-state index contributed by atoms with van der Waals surface area (Å²) in [6.45, 7) is 2.05. The molecule has 0 spiro atoms. The molecule has 2 aliphatic rings. The first-order valence-corrected chi connectivity index (χ1v) is 9.06. The van der Waals surface area contributed by atoms with Crippen molar-refractivity contribution < 1.29 is 9.59 Å². The van der Waals surface area contributed by atoms with Gasteiger partial charge in [0.15, 0.2) is 5.96 Å². The van der Waals surface area contributed by atoms with Gasteiger partial charge in [0, 0.05) is 18.0 Å². The number of hydrogen-bond acceptors (Lipinski definition) is 3. The zero-order valence-electron chi connectivity index (χ0n) is 14.6. The minimum Gasteiger partial charge on any atom is -0.366 e. The zero-order chi connectivity index (χ0) is 18.0. The van der Waals surface area contributed by atoms with E-state index in [0.29, 0.717) is 17.9 Å². The van der Waals surface area contributed by atoms with E-state index in [4.69, 9.17) is 11.1 Å². The molecule has 0 bridgehead atoms. The lowest BCUT2D eigenvalue weighted by molar-refractivity contribution is -0.131. The third-order valence-corrected chi connectivity index (χ3v) is 5.02. The van der Waals surface area contributed by atoms with E-state index in [2.05, 4.69) is 5.32 Å². The van der Waals surface area contributed by atoms with Gasteiger partial charge in [-0.25, -0.2) is 0 Å². The second-order valence-electron chi connectivity index (χ2n) is 7.13. The molecule has 1 aromatic carbocycles. The molecule has 1 saturated heterocycles. The second-order valence-corrected chi connectivity index (χ2v) is 7.13. The number of nitrogens with one attached hydrogen (secondary N) is 2. The maximum Gasteiger partial charge on any atom is 0.248 e. The van der Waals surface area contributed by atoms with Gasteiger partial charge in [0.2, 0.25) is 11.8 Å². The van der Waals surface area contributed by atoms with Gasteiger partial charge in [-0.05, 0) is 36.5 Å². The van der Waals surface area contributed by atoms with Crippen molar-refractivity contribution >= 4 is 17.8 Å². The average molecular weight is 342 g/mol. The lowest BCUT2D eigenvalue weighted by Gasteiger charge is -2.39. The Morgan fingerprint density at radius 3 is 2.80 bits per heavy atom. The molecule has 3 rings (SSSR count). The van der Waals surface area contributed by atoms with Gasteiger partial charge in [-0.15, -0.1) is 0 Å². The van der Waals surface area contributed by atoms with E-state index < -0.39 is 5.91 Å². The van der Waals surface area contributed by atoms with Crippen molar-refractivity contribution in [1.82, 2.24) is 10.2 Å². The van der Waals surface area contributed by atoms with Crippen molar-refractivity contribution in [2.24, 2.45) is 11.7 Å². The number of primary amides is 1. The van der Waals surface area contributed by atoms with Crippen LogP contribution < -0.4 is 11.1 Å². The number of guanidine groups is 1. The highest BCUT2D eigenvalue weighted by molar-refractivity contribution is 5.99. The fourth-order valence-electron chi connectivity index (χ4n) is 3.59. The van der Waals surface area contributed by atoms with Gasteiger partial charge in [-0.3, -0.25) is 19.9 Å². The maximum absolute atomic E-state index is 12.8. The molecule has 0 aromatic heterocycles. The number of carbonyl (C=O) groups excluding carboxylic acids is 2. The Hall–Kier alpha value is -2.37. The lowest BCUT2D eigenvalue weighted by atomic mass is 9.96. The van der Waals surface area contributed by atoms with Crippen molar-refractivity contribution in [3.63, 3.8) is 0 Å². The highest BCUT2D eigenvalue weighted by Crippen LogP contribution is 2.36. The molecular formula is C19H26N4O2. The molecule has 1 saturated carbocycles. The molecule has 2 amide bonds. The minimum atomic E-state index is -0.486. The van der Waals surface area contributed by atoms with Crippen molar-refractivity contribution in [2.45, 2.75) is 57.5 Å². The standard InChI is InChI=1S/C19H26N4O2/c1-2-4-16(13-5-3-6-14(10-13)18(20)25)23-17(24)11-15(22-19(23)21)9-12-7-8-12/h3,5-6,10,12,15-16H,2,4,7-9,11H2,1H3,(H2,20,25)(H2,21,22)/t15-,16?/m1/s1. The van der Waals surface area contributed by atoms with Gasteiger partial charge < -0.3 is 11.1 Å². The van der Waals surface area contributed by atoms with Gasteiger partial charge in [-0.1, -0.05) is 38.3 Å². The van der Waals surface area contributed by atoms with Crippen molar-refractivity contribution in [1.29, 1.82) is 5.41 Å². The SMILES string of the molecule is CCCC(c1cccc(C(N)=O)c1)N1C(=N)N[C@H](CC2CC2)CC1=O. The summed E-state index contributed by atoms with van der Waals surface area (Å²) in [6, 6.07) is 6.90. The van der Waals surface area contributed by atoms with E-state index in [9.17, 15) is 9.59 Å². The van der Waals surface area contributed by atoms with Crippen molar-refractivity contribution in [3.05, 3.63) is 35.4 Å². The molecule has 6 heteroatoms. The number of hydrogen-bond donors (Lipinski definition) is 3. The zero-order valence-corrected chi connectivity index (χ0v) is 14.6. The average Bonchev–Trinajstić information content (AvgIpc) is 3.37. The second kappa shape index (κ2) is 7.25. The van der Waals surface area contributed by atoms with Crippen LogP contribution in [0.15, 0.2) is 24.3 Å². The molecule has 6 nitrogen and oxygen atoms in total. The van der Waals surface area contributed by atoms with Crippen LogP contribution in [0.25, 0.3) is 0 Å². The highest BCUT2D eigenvalue weighted by atomic mass is 16.2. The van der Waals surface area contributed by atoms with Crippen LogP contribution in [0.3, 0.4) is 0 Å². The molecule has 1 aliphatic heterocycles. The molecule has 4 N–H and O–H groups in total. The van der Waals surface area contributed by atoms with Crippen molar-refractivity contribution in [2.75, 3.05) is 0 Å². The van der Waals surface area contributed by atoms with Gasteiger partial charge in [0.1, 0.15) is 0 Å². The van der Waals surface area contributed by atoms with Gasteiger partial charge in [0.25, 0.3) is 0 Å². The summed E-state index contributed by atoms with van der Waals surface area (Å²) < 4.78 is 0. The number of carbonyl (C=O) groups is 2. The molecular weight excluding hydrogens is 316 g/mol. The topological polar surface area (TPSA) is 99.3 Å². The first-order valence-electron chi connectivity index (χ1n) is 9.06. The summed E-state index contributed by atoms with van der Waals surface area (Å²) in [5, 5.41) is 11.6. The molecule has 2 fully saturated rings.